The summed E-state index contributed by atoms with van der Waals surface area (Å²) in [5.74, 6) is 0.885. The van der Waals surface area contributed by atoms with Crippen molar-refractivity contribution in [3.63, 3.8) is 0 Å². The van der Waals surface area contributed by atoms with Gasteiger partial charge in [0.2, 0.25) is 0 Å². The highest BCUT2D eigenvalue weighted by Gasteiger charge is 2.01. The minimum atomic E-state index is 0.885. The van der Waals surface area contributed by atoms with Gasteiger partial charge in [-0.15, -0.1) is 0 Å². The second-order valence-electron chi connectivity index (χ2n) is 2.99. The number of rotatable bonds is 3. The highest BCUT2D eigenvalue weighted by molar-refractivity contribution is 5.17. The standard InChI is InChI=1S/C10H16N2/c1-4-6-10-9(5-2)7-11-8(3)12-10/h7H,4-6H2,1-3H3. The molecule has 0 aliphatic carbocycles. The van der Waals surface area contributed by atoms with Crippen LogP contribution >= 0.6 is 0 Å². The van der Waals surface area contributed by atoms with Gasteiger partial charge in [0.15, 0.2) is 0 Å². The average Bonchev–Trinajstić information content (AvgIpc) is 2.05. The lowest BCUT2D eigenvalue weighted by molar-refractivity contribution is 0.827. The molecule has 0 amide bonds. The van der Waals surface area contributed by atoms with Crippen LogP contribution in [-0.2, 0) is 12.8 Å². The molecule has 1 heterocycles. The van der Waals surface area contributed by atoms with Crippen molar-refractivity contribution in [1.82, 2.24) is 9.97 Å². The first kappa shape index (κ1) is 9.17. The first-order valence-corrected chi connectivity index (χ1v) is 4.59. The molecule has 0 unspecified atom stereocenters. The largest absolute Gasteiger partial charge is 0.241 e. The molecule has 2 heteroatoms. The summed E-state index contributed by atoms with van der Waals surface area (Å²) < 4.78 is 0. The Morgan fingerprint density at radius 3 is 2.67 bits per heavy atom. The minimum absolute atomic E-state index is 0.885. The predicted octanol–water partition coefficient (Wildman–Crippen LogP) is 2.30. The third kappa shape index (κ3) is 2.03. The van der Waals surface area contributed by atoms with E-state index >= 15 is 0 Å². The Morgan fingerprint density at radius 1 is 1.33 bits per heavy atom. The summed E-state index contributed by atoms with van der Waals surface area (Å²) in [7, 11) is 0. The molecule has 0 aromatic carbocycles. The van der Waals surface area contributed by atoms with Crippen LogP contribution in [0.1, 0.15) is 37.4 Å². The molecule has 12 heavy (non-hydrogen) atoms. The van der Waals surface area contributed by atoms with Crippen molar-refractivity contribution in [2.75, 3.05) is 0 Å². The van der Waals surface area contributed by atoms with Gasteiger partial charge < -0.3 is 0 Å². The number of aromatic nitrogens is 2. The van der Waals surface area contributed by atoms with Crippen molar-refractivity contribution < 1.29 is 0 Å². The lowest BCUT2D eigenvalue weighted by atomic mass is 10.1. The summed E-state index contributed by atoms with van der Waals surface area (Å²) in [5.41, 5.74) is 2.52. The molecule has 2 nitrogen and oxygen atoms in total. The fraction of sp³-hybridized carbons (Fsp3) is 0.600. The van der Waals surface area contributed by atoms with Crippen molar-refractivity contribution in [2.24, 2.45) is 0 Å². The van der Waals surface area contributed by atoms with Crippen molar-refractivity contribution in [1.29, 1.82) is 0 Å². The van der Waals surface area contributed by atoms with E-state index in [4.69, 9.17) is 0 Å². The fourth-order valence-electron chi connectivity index (χ4n) is 1.29. The van der Waals surface area contributed by atoms with E-state index in [0.29, 0.717) is 0 Å². The maximum atomic E-state index is 4.42. The Bertz CT molecular complexity index is 256. The van der Waals surface area contributed by atoms with Gasteiger partial charge in [0.25, 0.3) is 0 Å². The van der Waals surface area contributed by atoms with Gasteiger partial charge in [0.1, 0.15) is 5.82 Å². The molecule has 0 saturated carbocycles. The lowest BCUT2D eigenvalue weighted by Gasteiger charge is -2.04. The quantitative estimate of drug-likeness (QED) is 0.685. The molecule has 0 N–H and O–H groups in total. The van der Waals surface area contributed by atoms with Crippen LogP contribution in [0.25, 0.3) is 0 Å². The third-order valence-corrected chi connectivity index (χ3v) is 1.94. The molecular weight excluding hydrogens is 148 g/mol. The van der Waals surface area contributed by atoms with Crippen molar-refractivity contribution in [3.05, 3.63) is 23.3 Å². The molecule has 0 fully saturated rings. The van der Waals surface area contributed by atoms with Crippen molar-refractivity contribution >= 4 is 0 Å². The minimum Gasteiger partial charge on any atom is -0.241 e. The van der Waals surface area contributed by atoms with Crippen molar-refractivity contribution in [3.8, 4) is 0 Å². The molecule has 0 radical (unpaired) electrons. The summed E-state index contributed by atoms with van der Waals surface area (Å²) in [6.45, 7) is 6.27. The van der Waals surface area contributed by atoms with Gasteiger partial charge in [-0.05, 0) is 25.3 Å². The molecular formula is C10H16N2. The second-order valence-corrected chi connectivity index (χ2v) is 2.99. The van der Waals surface area contributed by atoms with E-state index in [-0.39, 0.29) is 0 Å². The van der Waals surface area contributed by atoms with Gasteiger partial charge in [-0.2, -0.15) is 0 Å². The predicted molar refractivity (Wildman–Crippen MR) is 50.1 cm³/mol. The molecule has 0 bridgehead atoms. The van der Waals surface area contributed by atoms with E-state index in [1.54, 1.807) is 0 Å². The molecule has 0 atom stereocenters. The smallest absolute Gasteiger partial charge is 0.125 e. The lowest BCUT2D eigenvalue weighted by Crippen LogP contribution is -2.00. The van der Waals surface area contributed by atoms with Crippen LogP contribution < -0.4 is 0 Å². The number of hydrogen-bond acceptors (Lipinski definition) is 2. The zero-order valence-corrected chi connectivity index (χ0v) is 8.09. The first-order valence-electron chi connectivity index (χ1n) is 4.59. The normalized spacial score (nSPS) is 10.2. The molecule has 1 aromatic rings. The van der Waals surface area contributed by atoms with Crippen LogP contribution in [0, 0.1) is 6.92 Å². The highest BCUT2D eigenvalue weighted by Crippen LogP contribution is 2.08. The van der Waals surface area contributed by atoms with Gasteiger partial charge in [-0.1, -0.05) is 20.3 Å². The Kier molecular flexibility index (Phi) is 3.20. The van der Waals surface area contributed by atoms with E-state index in [1.807, 2.05) is 13.1 Å². The Balaban J connectivity index is 2.95. The molecule has 66 valence electrons. The molecule has 0 spiro atoms. The van der Waals surface area contributed by atoms with Gasteiger partial charge in [0, 0.05) is 11.9 Å². The van der Waals surface area contributed by atoms with E-state index in [9.17, 15) is 0 Å². The maximum Gasteiger partial charge on any atom is 0.125 e. The molecule has 0 aliphatic heterocycles. The van der Waals surface area contributed by atoms with Gasteiger partial charge >= 0.3 is 0 Å². The van der Waals surface area contributed by atoms with Crippen molar-refractivity contribution in [2.45, 2.75) is 40.0 Å². The topological polar surface area (TPSA) is 25.8 Å². The van der Waals surface area contributed by atoms with Crippen LogP contribution in [0.3, 0.4) is 0 Å². The van der Waals surface area contributed by atoms with Gasteiger partial charge in [0.05, 0.1) is 0 Å². The number of nitrogens with zero attached hydrogens (tertiary/aromatic N) is 2. The van der Waals surface area contributed by atoms with Gasteiger partial charge in [-0.25, -0.2) is 9.97 Å². The maximum absolute atomic E-state index is 4.42. The summed E-state index contributed by atoms with van der Waals surface area (Å²) in [4.78, 5) is 8.60. The SMILES string of the molecule is CCCc1nc(C)ncc1CC. The average molecular weight is 164 g/mol. The zero-order chi connectivity index (χ0) is 8.97. The highest BCUT2D eigenvalue weighted by atomic mass is 14.9. The van der Waals surface area contributed by atoms with Gasteiger partial charge in [-0.3, -0.25) is 0 Å². The van der Waals surface area contributed by atoms with Crippen LogP contribution in [0.2, 0.25) is 0 Å². The number of hydrogen-bond donors (Lipinski definition) is 0. The van der Waals surface area contributed by atoms with Crippen LogP contribution in [0.15, 0.2) is 6.20 Å². The van der Waals surface area contributed by atoms with E-state index in [1.165, 1.54) is 11.3 Å². The van der Waals surface area contributed by atoms with E-state index in [2.05, 4.69) is 23.8 Å². The number of aryl methyl sites for hydroxylation is 3. The van der Waals surface area contributed by atoms with E-state index < -0.39 is 0 Å². The molecule has 0 saturated heterocycles. The molecule has 1 aromatic heterocycles. The van der Waals surface area contributed by atoms with Crippen LogP contribution in [0.4, 0.5) is 0 Å². The van der Waals surface area contributed by atoms with Crippen LogP contribution in [-0.4, -0.2) is 9.97 Å². The summed E-state index contributed by atoms with van der Waals surface area (Å²) in [5, 5.41) is 0. The Hall–Kier alpha value is -0.920. The Morgan fingerprint density at radius 2 is 2.08 bits per heavy atom. The third-order valence-electron chi connectivity index (χ3n) is 1.94. The first-order chi connectivity index (χ1) is 5.77. The zero-order valence-electron chi connectivity index (χ0n) is 8.09. The van der Waals surface area contributed by atoms with Crippen LogP contribution in [0.5, 0.6) is 0 Å². The van der Waals surface area contributed by atoms with E-state index in [0.717, 1.165) is 25.1 Å². The Labute approximate surface area is 74.1 Å². The summed E-state index contributed by atoms with van der Waals surface area (Å²) in [6, 6.07) is 0. The monoisotopic (exact) mass is 164 g/mol. The fourth-order valence-corrected chi connectivity index (χ4v) is 1.29. The molecule has 1 rings (SSSR count). The molecule has 0 aliphatic rings. The second kappa shape index (κ2) is 4.19. The summed E-state index contributed by atoms with van der Waals surface area (Å²) >= 11 is 0. The summed E-state index contributed by atoms with van der Waals surface area (Å²) in [6.07, 6.45) is 5.22.